The lowest BCUT2D eigenvalue weighted by atomic mass is 10.2. The second-order valence-corrected chi connectivity index (χ2v) is 6.98. The van der Waals surface area contributed by atoms with Crippen LogP contribution in [0.3, 0.4) is 0 Å². The zero-order valence-corrected chi connectivity index (χ0v) is 12.7. The molecule has 0 aliphatic rings. The molecule has 0 saturated carbocycles. The number of rotatable bonds is 2. The van der Waals surface area contributed by atoms with Gasteiger partial charge in [0.25, 0.3) is 10.0 Å². The molecule has 0 bridgehead atoms. The number of hydrogen-bond acceptors (Lipinski definition) is 4. The number of terminal acetylenes is 1. The summed E-state index contributed by atoms with van der Waals surface area (Å²) in [5.74, 6) is 0. The molecule has 5 nitrogen and oxygen atoms in total. The fourth-order valence-electron chi connectivity index (χ4n) is 1.34. The number of carbonyl (C=O) groups excluding carboxylic acids is 1. The van der Waals surface area contributed by atoms with Crippen molar-refractivity contribution in [1.82, 2.24) is 4.31 Å². The number of benzene rings is 1. The third-order valence-corrected chi connectivity index (χ3v) is 3.84. The Morgan fingerprint density at radius 1 is 1.25 bits per heavy atom. The summed E-state index contributed by atoms with van der Waals surface area (Å²) in [6.07, 6.45) is 4.05. The number of carbonyl (C=O) groups is 1. The van der Waals surface area contributed by atoms with Gasteiger partial charge in [-0.25, -0.2) is 4.79 Å². The summed E-state index contributed by atoms with van der Waals surface area (Å²) >= 11 is 0. The first kappa shape index (κ1) is 16.1. The van der Waals surface area contributed by atoms with Crippen LogP contribution in [0.15, 0.2) is 29.2 Å². The van der Waals surface area contributed by atoms with Crippen molar-refractivity contribution in [3.05, 3.63) is 29.8 Å². The molecule has 0 heterocycles. The topological polar surface area (TPSA) is 63.7 Å². The summed E-state index contributed by atoms with van der Waals surface area (Å²) in [6.45, 7) is 6.69. The van der Waals surface area contributed by atoms with E-state index < -0.39 is 21.7 Å². The molecule has 1 amide bonds. The molecule has 0 aliphatic carbocycles. The maximum atomic E-state index is 12.3. The summed E-state index contributed by atoms with van der Waals surface area (Å²) in [4.78, 5) is 11.8. The van der Waals surface area contributed by atoms with Crippen LogP contribution < -0.4 is 0 Å². The van der Waals surface area contributed by atoms with Gasteiger partial charge in [-0.15, -0.1) is 4.31 Å². The van der Waals surface area contributed by atoms with Crippen molar-refractivity contribution in [2.24, 2.45) is 0 Å². The van der Waals surface area contributed by atoms with Gasteiger partial charge in [-0.1, -0.05) is 24.1 Å². The van der Waals surface area contributed by atoms with Crippen molar-refractivity contribution in [2.45, 2.75) is 38.2 Å². The van der Waals surface area contributed by atoms with Crippen LogP contribution in [0.25, 0.3) is 0 Å². The molecule has 0 unspecified atom stereocenters. The predicted molar refractivity (Wildman–Crippen MR) is 75.3 cm³/mol. The second kappa shape index (κ2) is 5.55. The molecule has 0 aromatic heterocycles. The van der Waals surface area contributed by atoms with Crippen molar-refractivity contribution in [3.63, 3.8) is 0 Å². The summed E-state index contributed by atoms with van der Waals surface area (Å²) < 4.78 is 29.8. The zero-order valence-electron chi connectivity index (χ0n) is 11.9. The fourth-order valence-corrected chi connectivity index (χ4v) is 2.40. The Bertz CT molecular complexity index is 633. The van der Waals surface area contributed by atoms with Crippen molar-refractivity contribution in [3.8, 4) is 12.5 Å². The largest absolute Gasteiger partial charge is 0.442 e. The van der Waals surface area contributed by atoms with Gasteiger partial charge in [0.1, 0.15) is 5.60 Å². The van der Waals surface area contributed by atoms with Crippen LogP contribution in [0.1, 0.15) is 26.3 Å². The first-order valence-corrected chi connectivity index (χ1v) is 7.33. The molecule has 0 radical (unpaired) electrons. The monoisotopic (exact) mass is 295 g/mol. The van der Waals surface area contributed by atoms with Gasteiger partial charge in [-0.05, 0) is 39.8 Å². The summed E-state index contributed by atoms with van der Waals surface area (Å²) in [5.41, 5.74) is 0.0584. The number of sulfonamides is 1. The Labute approximate surface area is 119 Å². The molecule has 0 aliphatic heterocycles. The molecule has 0 N–H and O–H groups in total. The molecule has 1 rings (SSSR count). The smallest absolute Gasteiger partial charge is 0.436 e. The highest BCUT2D eigenvalue weighted by molar-refractivity contribution is 7.89. The van der Waals surface area contributed by atoms with Crippen LogP contribution in [0.2, 0.25) is 0 Å². The minimum Gasteiger partial charge on any atom is -0.442 e. The second-order valence-electron chi connectivity index (χ2n) is 5.19. The van der Waals surface area contributed by atoms with Crippen LogP contribution >= 0.6 is 0 Å². The Balaban J connectivity index is 3.15. The van der Waals surface area contributed by atoms with Gasteiger partial charge in [0.15, 0.2) is 0 Å². The molecule has 0 atom stereocenters. The van der Waals surface area contributed by atoms with E-state index in [0.717, 1.165) is 5.56 Å². The molecule has 0 spiro atoms. The van der Waals surface area contributed by atoms with Gasteiger partial charge in [0.05, 0.1) is 4.90 Å². The van der Waals surface area contributed by atoms with E-state index in [-0.39, 0.29) is 9.20 Å². The van der Waals surface area contributed by atoms with E-state index in [2.05, 4.69) is 0 Å². The van der Waals surface area contributed by atoms with Gasteiger partial charge in [0.2, 0.25) is 0 Å². The van der Waals surface area contributed by atoms with E-state index in [1.54, 1.807) is 32.9 Å². The number of aryl methyl sites for hydroxylation is 1. The Morgan fingerprint density at radius 3 is 2.15 bits per heavy atom. The van der Waals surface area contributed by atoms with Crippen LogP contribution in [-0.2, 0) is 14.8 Å². The average molecular weight is 295 g/mol. The van der Waals surface area contributed by atoms with Crippen LogP contribution in [-0.4, -0.2) is 24.4 Å². The normalized spacial score (nSPS) is 11.6. The van der Waals surface area contributed by atoms with E-state index in [0.29, 0.717) is 0 Å². The number of hydrogen-bond donors (Lipinski definition) is 0. The Kier molecular flexibility index (Phi) is 4.46. The Hall–Kier alpha value is -2.00. The lowest BCUT2D eigenvalue weighted by Crippen LogP contribution is -2.37. The van der Waals surface area contributed by atoms with E-state index in [9.17, 15) is 13.2 Å². The van der Waals surface area contributed by atoms with Gasteiger partial charge in [-0.3, -0.25) is 0 Å². The van der Waals surface area contributed by atoms with Crippen LogP contribution in [0.4, 0.5) is 4.79 Å². The number of ether oxygens (including phenoxy) is 1. The molecular weight excluding hydrogens is 278 g/mol. The van der Waals surface area contributed by atoms with E-state index >= 15 is 0 Å². The molecule has 0 fully saturated rings. The van der Waals surface area contributed by atoms with Crippen LogP contribution in [0, 0.1) is 19.4 Å². The van der Waals surface area contributed by atoms with Gasteiger partial charge in [-0.2, -0.15) is 8.42 Å². The SMILES string of the molecule is C#CN(C(=O)OC(C)(C)C)S(=O)(=O)c1ccc(C)cc1. The minimum atomic E-state index is -4.12. The van der Waals surface area contributed by atoms with E-state index in [1.165, 1.54) is 12.1 Å². The zero-order chi connectivity index (χ0) is 15.6. The molecule has 0 saturated heterocycles. The highest BCUT2D eigenvalue weighted by Crippen LogP contribution is 2.18. The molecule has 6 heteroatoms. The minimum absolute atomic E-state index is 0.0630. The van der Waals surface area contributed by atoms with Gasteiger partial charge < -0.3 is 4.74 Å². The predicted octanol–water partition coefficient (Wildman–Crippen LogP) is 2.51. The lowest BCUT2D eigenvalue weighted by Gasteiger charge is -2.23. The van der Waals surface area contributed by atoms with Crippen LogP contribution in [0.5, 0.6) is 0 Å². The summed E-state index contributed by atoms with van der Waals surface area (Å²) in [5, 5.41) is 0. The molecular formula is C14H17NO4S. The first-order chi connectivity index (χ1) is 9.08. The number of nitrogens with zero attached hydrogens (tertiary/aromatic N) is 1. The molecule has 1 aromatic rings. The average Bonchev–Trinajstić information content (AvgIpc) is 2.27. The summed E-state index contributed by atoms with van der Waals surface area (Å²) in [7, 11) is -4.12. The van der Waals surface area contributed by atoms with Crippen molar-refractivity contribution < 1.29 is 17.9 Å². The third-order valence-electron chi connectivity index (χ3n) is 2.24. The van der Waals surface area contributed by atoms with Crippen molar-refractivity contribution in [1.29, 1.82) is 0 Å². The molecule has 1 aromatic carbocycles. The van der Waals surface area contributed by atoms with Crippen molar-refractivity contribution >= 4 is 16.1 Å². The number of amides is 1. The van der Waals surface area contributed by atoms with E-state index in [1.807, 2.05) is 13.0 Å². The van der Waals surface area contributed by atoms with E-state index in [4.69, 9.17) is 11.2 Å². The molecule has 20 heavy (non-hydrogen) atoms. The maximum Gasteiger partial charge on any atom is 0.436 e. The fraction of sp³-hybridized carbons (Fsp3) is 0.357. The summed E-state index contributed by atoms with van der Waals surface area (Å²) in [6, 6.07) is 7.87. The highest BCUT2D eigenvalue weighted by Gasteiger charge is 2.32. The quantitative estimate of drug-likeness (QED) is 0.621. The maximum absolute atomic E-state index is 12.3. The Morgan fingerprint density at radius 2 is 1.75 bits per heavy atom. The van der Waals surface area contributed by atoms with Crippen molar-refractivity contribution in [2.75, 3.05) is 0 Å². The third kappa shape index (κ3) is 3.75. The first-order valence-electron chi connectivity index (χ1n) is 5.89. The lowest BCUT2D eigenvalue weighted by molar-refractivity contribution is 0.0453. The van der Waals surface area contributed by atoms with Gasteiger partial charge in [0, 0.05) is 6.04 Å². The standard InChI is InChI=1S/C14H17NO4S/c1-6-15(13(16)19-14(3,4)5)20(17,18)12-9-7-11(2)8-10-12/h1,7-10H,2-5H3. The molecule has 108 valence electrons. The highest BCUT2D eigenvalue weighted by atomic mass is 32.2. The van der Waals surface area contributed by atoms with Gasteiger partial charge >= 0.3 is 6.09 Å².